The quantitative estimate of drug-likeness (QED) is 0.558. The molecule has 8 heavy (non-hydrogen) atoms. The van der Waals surface area contributed by atoms with Crippen molar-refractivity contribution in [2.75, 3.05) is 7.05 Å². The summed E-state index contributed by atoms with van der Waals surface area (Å²) in [5.74, 6) is 0. The Morgan fingerprint density at radius 2 is 2.38 bits per heavy atom. The number of allylic oxidation sites excluding steroid dienone is 2. The Labute approximate surface area is 63.6 Å². The van der Waals surface area contributed by atoms with Crippen LogP contribution in [-0.4, -0.2) is 13.3 Å². The third-order valence-corrected chi connectivity index (χ3v) is 1.10. The third kappa shape index (κ3) is 4.11. The van der Waals surface area contributed by atoms with Crippen molar-refractivity contribution in [1.82, 2.24) is 5.32 Å². The Balaban J connectivity index is 3.57. The number of hydrogen-bond donors (Lipinski definition) is 1. The molecule has 0 fully saturated rings. The highest BCUT2D eigenvalue weighted by atomic mass is 127. The number of hydrogen-bond acceptors (Lipinski definition) is 2. The Kier molecular flexibility index (Phi) is 5.05. The first-order valence-electron chi connectivity index (χ1n) is 2.30. The Bertz CT molecular complexity index is 107. The van der Waals surface area contributed by atoms with E-state index in [1.807, 2.05) is 42.9 Å². The number of halogens is 1. The van der Waals surface area contributed by atoms with Gasteiger partial charge in [0.25, 0.3) is 0 Å². The molecule has 0 saturated carbocycles. The maximum absolute atomic E-state index is 3.75. The zero-order valence-electron chi connectivity index (χ0n) is 4.98. The monoisotopic (exact) mass is 224 g/mol. The summed E-state index contributed by atoms with van der Waals surface area (Å²) in [4.78, 5) is 0. The molecule has 0 aromatic carbocycles. The smallest absolute Gasteiger partial charge is 0.0831 e. The zero-order valence-corrected chi connectivity index (χ0v) is 7.14. The molecular weight excluding hydrogens is 215 g/mol. The fourth-order valence-electron chi connectivity index (χ4n) is 0.223. The van der Waals surface area contributed by atoms with Crippen LogP contribution in [0.15, 0.2) is 15.0 Å². The van der Waals surface area contributed by atoms with E-state index in [2.05, 4.69) is 8.52 Å². The van der Waals surface area contributed by atoms with E-state index in [0.29, 0.717) is 0 Å². The Morgan fingerprint density at radius 1 is 1.75 bits per heavy atom. The van der Waals surface area contributed by atoms with E-state index >= 15 is 0 Å². The average Bonchev–Trinajstić information content (AvgIpc) is 1.83. The van der Waals surface area contributed by atoms with Gasteiger partial charge in [0, 0.05) is 19.0 Å². The molecular formula is C5H9IN2. The van der Waals surface area contributed by atoms with Crippen LogP contribution < -0.4 is 5.32 Å². The number of nitrogens with one attached hydrogen (secondary N) is 1. The predicted molar refractivity (Wildman–Crippen MR) is 45.3 cm³/mol. The second-order valence-electron chi connectivity index (χ2n) is 1.35. The van der Waals surface area contributed by atoms with E-state index in [1.54, 1.807) is 6.21 Å². The normalized spacial score (nSPS) is 12.6. The lowest BCUT2D eigenvalue weighted by molar-refractivity contribution is 0.994. The first-order valence-corrected chi connectivity index (χ1v) is 3.26. The van der Waals surface area contributed by atoms with Crippen molar-refractivity contribution in [2.45, 2.75) is 6.92 Å². The van der Waals surface area contributed by atoms with Crippen molar-refractivity contribution < 1.29 is 0 Å². The first-order chi connectivity index (χ1) is 3.81. The summed E-state index contributed by atoms with van der Waals surface area (Å²) < 4.78 is 3.75. The van der Waals surface area contributed by atoms with Crippen LogP contribution in [0.2, 0.25) is 0 Å². The van der Waals surface area contributed by atoms with Crippen molar-refractivity contribution in [2.24, 2.45) is 3.21 Å². The third-order valence-electron chi connectivity index (χ3n) is 0.775. The zero-order chi connectivity index (χ0) is 6.41. The van der Waals surface area contributed by atoms with Crippen LogP contribution in [0, 0.1) is 0 Å². The van der Waals surface area contributed by atoms with Gasteiger partial charge < -0.3 is 5.32 Å². The average molecular weight is 224 g/mol. The maximum atomic E-state index is 3.75. The van der Waals surface area contributed by atoms with E-state index in [4.69, 9.17) is 0 Å². The minimum Gasteiger partial charge on any atom is -0.392 e. The fourth-order valence-corrected chi connectivity index (χ4v) is 0.384. The van der Waals surface area contributed by atoms with E-state index in [0.717, 1.165) is 5.70 Å². The highest BCUT2D eigenvalue weighted by Crippen LogP contribution is 1.83. The van der Waals surface area contributed by atoms with Crippen molar-refractivity contribution >= 4 is 29.1 Å². The van der Waals surface area contributed by atoms with E-state index in [1.165, 1.54) is 0 Å². The number of nitrogens with zero attached hydrogens (tertiary/aromatic N) is 1. The van der Waals surface area contributed by atoms with Crippen molar-refractivity contribution in [1.29, 1.82) is 0 Å². The molecule has 0 unspecified atom stereocenters. The van der Waals surface area contributed by atoms with Crippen molar-refractivity contribution in [3.05, 3.63) is 11.8 Å². The number of rotatable bonds is 2. The minimum atomic E-state index is 1.12. The van der Waals surface area contributed by atoms with Crippen LogP contribution in [-0.2, 0) is 0 Å². The molecule has 0 aliphatic carbocycles. The van der Waals surface area contributed by atoms with Gasteiger partial charge in [0.05, 0.1) is 22.9 Å². The van der Waals surface area contributed by atoms with Gasteiger partial charge in [-0.1, -0.05) is 0 Å². The SMILES string of the molecule is CN/C(C)=C\C=NI. The molecule has 0 amide bonds. The molecule has 0 radical (unpaired) electrons. The molecule has 0 atom stereocenters. The van der Waals surface area contributed by atoms with Crippen LogP contribution in [0.4, 0.5) is 0 Å². The topological polar surface area (TPSA) is 24.4 Å². The lowest BCUT2D eigenvalue weighted by Crippen LogP contribution is -2.00. The van der Waals surface area contributed by atoms with Crippen molar-refractivity contribution in [3.8, 4) is 0 Å². The van der Waals surface area contributed by atoms with Gasteiger partial charge in [-0.3, -0.25) is 0 Å². The van der Waals surface area contributed by atoms with Gasteiger partial charge >= 0.3 is 0 Å². The molecule has 2 nitrogen and oxygen atoms in total. The summed E-state index contributed by atoms with van der Waals surface area (Å²) in [6, 6.07) is 0. The summed E-state index contributed by atoms with van der Waals surface area (Å²) in [6.07, 6.45) is 3.65. The van der Waals surface area contributed by atoms with Crippen LogP contribution in [0.1, 0.15) is 6.92 Å². The lowest BCUT2D eigenvalue weighted by atomic mass is 10.4. The van der Waals surface area contributed by atoms with E-state index in [9.17, 15) is 0 Å². The molecule has 0 aliphatic heterocycles. The molecule has 0 rings (SSSR count). The first kappa shape index (κ1) is 7.94. The highest BCUT2D eigenvalue weighted by Gasteiger charge is 1.73. The Morgan fingerprint density at radius 3 is 2.75 bits per heavy atom. The summed E-state index contributed by atoms with van der Waals surface area (Å²) in [5.41, 5.74) is 1.12. The second-order valence-corrected chi connectivity index (χ2v) is 1.90. The molecule has 1 N–H and O–H groups in total. The molecule has 46 valence electrons. The summed E-state index contributed by atoms with van der Waals surface area (Å²) in [6.45, 7) is 1.98. The lowest BCUT2D eigenvalue weighted by Gasteiger charge is -1.92. The van der Waals surface area contributed by atoms with Crippen LogP contribution >= 0.6 is 22.9 Å². The van der Waals surface area contributed by atoms with Gasteiger partial charge in [-0.15, -0.1) is 0 Å². The summed E-state index contributed by atoms with van der Waals surface area (Å²) >= 11 is 1.93. The van der Waals surface area contributed by atoms with Gasteiger partial charge in [-0.05, 0) is 13.0 Å². The van der Waals surface area contributed by atoms with E-state index < -0.39 is 0 Å². The van der Waals surface area contributed by atoms with Gasteiger partial charge in [-0.25, -0.2) is 3.21 Å². The summed E-state index contributed by atoms with van der Waals surface area (Å²) in [5, 5.41) is 2.97. The molecule has 0 heterocycles. The molecule has 0 bridgehead atoms. The minimum absolute atomic E-state index is 1.12. The van der Waals surface area contributed by atoms with Crippen LogP contribution in [0.25, 0.3) is 0 Å². The van der Waals surface area contributed by atoms with E-state index in [-0.39, 0.29) is 0 Å². The highest BCUT2D eigenvalue weighted by molar-refractivity contribution is 14.1. The molecule has 0 aliphatic rings. The van der Waals surface area contributed by atoms with Gasteiger partial charge in [0.15, 0.2) is 0 Å². The van der Waals surface area contributed by atoms with Gasteiger partial charge in [0.1, 0.15) is 0 Å². The molecule has 0 spiro atoms. The van der Waals surface area contributed by atoms with Gasteiger partial charge in [0.2, 0.25) is 0 Å². The van der Waals surface area contributed by atoms with Crippen molar-refractivity contribution in [3.63, 3.8) is 0 Å². The largest absolute Gasteiger partial charge is 0.392 e. The predicted octanol–water partition coefficient (Wildman–Crippen LogP) is 1.53. The van der Waals surface area contributed by atoms with Gasteiger partial charge in [-0.2, -0.15) is 0 Å². The van der Waals surface area contributed by atoms with Crippen LogP contribution in [0.5, 0.6) is 0 Å². The summed E-state index contributed by atoms with van der Waals surface area (Å²) in [7, 11) is 1.88. The molecule has 0 aromatic heterocycles. The van der Waals surface area contributed by atoms with Crippen LogP contribution in [0.3, 0.4) is 0 Å². The Hall–Kier alpha value is -0.0600. The second kappa shape index (κ2) is 5.08. The molecule has 0 saturated heterocycles. The fraction of sp³-hybridized carbons (Fsp3) is 0.400. The standard InChI is InChI=1S/C5H9IN2/c1-5(7-2)3-4-8-6/h3-4,7H,1-2H3/b5-3-,8-4?. The molecule has 3 heteroatoms. The maximum Gasteiger partial charge on any atom is 0.0831 e. The molecule has 0 aromatic rings.